The molecule has 0 saturated heterocycles. The van der Waals surface area contributed by atoms with Crippen molar-refractivity contribution in [2.24, 2.45) is 11.7 Å². The van der Waals surface area contributed by atoms with E-state index in [-0.39, 0.29) is 5.91 Å². The van der Waals surface area contributed by atoms with Crippen LogP contribution in [0.5, 0.6) is 0 Å². The van der Waals surface area contributed by atoms with Gasteiger partial charge in [-0.05, 0) is 37.0 Å². The van der Waals surface area contributed by atoms with E-state index in [1.54, 1.807) is 0 Å². The molecule has 0 atom stereocenters. The molecule has 1 fully saturated rings. The van der Waals surface area contributed by atoms with Gasteiger partial charge in [0.25, 0.3) is 5.91 Å². The van der Waals surface area contributed by atoms with Gasteiger partial charge in [-0.25, -0.2) is 0 Å². The summed E-state index contributed by atoms with van der Waals surface area (Å²) in [6, 6.07) is 5.68. The van der Waals surface area contributed by atoms with E-state index in [0.717, 1.165) is 30.0 Å². The van der Waals surface area contributed by atoms with Gasteiger partial charge in [0, 0.05) is 17.7 Å². The van der Waals surface area contributed by atoms with E-state index in [1.807, 2.05) is 25.1 Å². The van der Waals surface area contributed by atoms with Crippen LogP contribution in [-0.4, -0.2) is 19.0 Å². The average molecular weight is 256 g/mol. The molecule has 2 rings (SSSR count). The van der Waals surface area contributed by atoms with Crippen molar-refractivity contribution in [3.05, 3.63) is 34.9 Å². The summed E-state index contributed by atoms with van der Waals surface area (Å²) in [4.78, 5) is 12.1. The molecule has 3 heteroatoms. The van der Waals surface area contributed by atoms with Gasteiger partial charge in [-0.3, -0.25) is 4.79 Å². The molecule has 3 N–H and O–H groups in total. The summed E-state index contributed by atoms with van der Waals surface area (Å²) in [6.07, 6.45) is 3.73. The fraction of sp³-hybridized carbons (Fsp3) is 0.438. The second kappa shape index (κ2) is 6.40. The number of amides is 1. The third-order valence-corrected chi connectivity index (χ3v) is 3.35. The maximum atomic E-state index is 12.1. The number of rotatable bonds is 4. The van der Waals surface area contributed by atoms with Gasteiger partial charge in [0.15, 0.2) is 0 Å². The average Bonchev–Trinajstić information content (AvgIpc) is 3.21. The quantitative estimate of drug-likeness (QED) is 0.808. The number of hydrogen-bond donors (Lipinski definition) is 2. The van der Waals surface area contributed by atoms with Crippen molar-refractivity contribution in [3.63, 3.8) is 0 Å². The van der Waals surface area contributed by atoms with Crippen LogP contribution in [0.3, 0.4) is 0 Å². The molecule has 0 heterocycles. The van der Waals surface area contributed by atoms with Crippen LogP contribution >= 0.6 is 0 Å². The summed E-state index contributed by atoms with van der Waals surface area (Å²) in [7, 11) is 0. The molecular formula is C16H20N2O. The highest BCUT2D eigenvalue weighted by Gasteiger charge is 2.20. The number of benzene rings is 1. The third kappa shape index (κ3) is 4.11. The summed E-state index contributed by atoms with van der Waals surface area (Å²) in [5.74, 6) is 6.59. The zero-order chi connectivity index (χ0) is 13.7. The van der Waals surface area contributed by atoms with Crippen LogP contribution in [0, 0.1) is 24.7 Å². The first-order valence-corrected chi connectivity index (χ1v) is 6.78. The first kappa shape index (κ1) is 13.6. The zero-order valence-electron chi connectivity index (χ0n) is 11.3. The van der Waals surface area contributed by atoms with Crippen LogP contribution in [-0.2, 0) is 0 Å². The van der Waals surface area contributed by atoms with Gasteiger partial charge >= 0.3 is 0 Å². The molecule has 0 spiro atoms. The maximum absolute atomic E-state index is 12.1. The molecule has 0 unspecified atom stereocenters. The second-order valence-electron chi connectivity index (χ2n) is 5.02. The van der Waals surface area contributed by atoms with Crippen LogP contribution in [0.1, 0.15) is 40.7 Å². The van der Waals surface area contributed by atoms with E-state index < -0.39 is 0 Å². The lowest BCUT2D eigenvalue weighted by molar-refractivity contribution is 0.0952. The molecule has 1 aromatic rings. The van der Waals surface area contributed by atoms with Crippen molar-refractivity contribution < 1.29 is 4.79 Å². The lowest BCUT2D eigenvalue weighted by Gasteiger charge is -2.08. The molecule has 1 aliphatic carbocycles. The van der Waals surface area contributed by atoms with E-state index in [9.17, 15) is 4.79 Å². The molecule has 0 aromatic heterocycles. The minimum atomic E-state index is -0.00505. The molecule has 1 amide bonds. The van der Waals surface area contributed by atoms with Gasteiger partial charge in [0.05, 0.1) is 6.54 Å². The molecule has 0 aliphatic heterocycles. The molecule has 100 valence electrons. The Balaban J connectivity index is 2.01. The lowest BCUT2D eigenvalue weighted by atomic mass is 10.0. The highest BCUT2D eigenvalue weighted by Crippen LogP contribution is 2.31. The highest BCUT2D eigenvalue weighted by atomic mass is 16.1. The van der Waals surface area contributed by atoms with E-state index in [4.69, 9.17) is 5.73 Å². The lowest BCUT2D eigenvalue weighted by Crippen LogP contribution is -2.25. The smallest absolute Gasteiger partial charge is 0.251 e. The van der Waals surface area contributed by atoms with E-state index >= 15 is 0 Å². The zero-order valence-corrected chi connectivity index (χ0v) is 11.3. The molecule has 0 radical (unpaired) electrons. The molecule has 1 aliphatic rings. The van der Waals surface area contributed by atoms with E-state index in [1.165, 1.54) is 12.8 Å². The molecule has 3 nitrogen and oxygen atoms in total. The number of nitrogens with one attached hydrogen (secondary N) is 1. The Hall–Kier alpha value is -1.79. The predicted octanol–water partition coefficient (Wildman–Crippen LogP) is 1.84. The van der Waals surface area contributed by atoms with Crippen LogP contribution < -0.4 is 11.1 Å². The molecule has 0 bridgehead atoms. The first-order chi connectivity index (χ1) is 9.20. The van der Waals surface area contributed by atoms with Gasteiger partial charge in [-0.1, -0.05) is 30.7 Å². The summed E-state index contributed by atoms with van der Waals surface area (Å²) >= 11 is 0. The van der Waals surface area contributed by atoms with Crippen LogP contribution in [0.2, 0.25) is 0 Å². The molecule has 1 aromatic carbocycles. The fourth-order valence-electron chi connectivity index (χ4n) is 1.99. The Morgan fingerprint density at radius 2 is 2.26 bits per heavy atom. The van der Waals surface area contributed by atoms with Crippen molar-refractivity contribution in [1.82, 2.24) is 5.32 Å². The fourth-order valence-corrected chi connectivity index (χ4v) is 1.99. The molecular weight excluding hydrogens is 236 g/mol. The van der Waals surface area contributed by atoms with Gasteiger partial charge in [0.1, 0.15) is 0 Å². The third-order valence-electron chi connectivity index (χ3n) is 3.35. The summed E-state index contributed by atoms with van der Waals surface area (Å²) in [5, 5.41) is 2.98. The summed E-state index contributed by atoms with van der Waals surface area (Å²) < 4.78 is 0. The predicted molar refractivity (Wildman–Crippen MR) is 76.8 cm³/mol. The summed E-state index contributed by atoms with van der Waals surface area (Å²) in [5.41, 5.74) is 7.87. The number of carbonyl (C=O) groups is 1. The van der Waals surface area contributed by atoms with Gasteiger partial charge in [-0.15, -0.1) is 0 Å². The largest absolute Gasteiger partial charge is 0.352 e. The second-order valence-corrected chi connectivity index (χ2v) is 5.02. The first-order valence-electron chi connectivity index (χ1n) is 6.78. The molecule has 1 saturated carbocycles. The minimum Gasteiger partial charge on any atom is -0.352 e. The van der Waals surface area contributed by atoms with Gasteiger partial charge in [0.2, 0.25) is 0 Å². The highest BCUT2D eigenvalue weighted by molar-refractivity contribution is 5.96. The van der Waals surface area contributed by atoms with Gasteiger partial charge < -0.3 is 11.1 Å². The van der Waals surface area contributed by atoms with Crippen LogP contribution in [0.15, 0.2) is 18.2 Å². The Morgan fingerprint density at radius 1 is 1.47 bits per heavy atom. The Kier molecular flexibility index (Phi) is 4.59. The topological polar surface area (TPSA) is 55.1 Å². The Bertz CT molecular complexity index is 521. The van der Waals surface area contributed by atoms with Gasteiger partial charge in [-0.2, -0.15) is 0 Å². The number of aryl methyl sites for hydroxylation is 1. The number of hydrogen-bond acceptors (Lipinski definition) is 2. The van der Waals surface area contributed by atoms with E-state index in [2.05, 4.69) is 17.2 Å². The summed E-state index contributed by atoms with van der Waals surface area (Å²) in [6.45, 7) is 3.04. The normalized spacial score (nSPS) is 13.6. The standard InChI is InChI=1S/C16H20N2O/c1-12-4-5-14(3-2-9-17)11-15(12)16(19)18-10-8-13-6-7-13/h4-5,11,13H,6-10,17H2,1H3,(H,18,19). The number of nitrogens with two attached hydrogens (primary N) is 1. The monoisotopic (exact) mass is 256 g/mol. The van der Waals surface area contributed by atoms with Crippen LogP contribution in [0.25, 0.3) is 0 Å². The maximum Gasteiger partial charge on any atom is 0.251 e. The molecule has 19 heavy (non-hydrogen) atoms. The van der Waals surface area contributed by atoms with Crippen molar-refractivity contribution in [2.75, 3.05) is 13.1 Å². The Labute approximate surface area is 114 Å². The Morgan fingerprint density at radius 3 is 2.95 bits per heavy atom. The van der Waals surface area contributed by atoms with Crippen molar-refractivity contribution in [2.45, 2.75) is 26.2 Å². The van der Waals surface area contributed by atoms with Crippen molar-refractivity contribution in [1.29, 1.82) is 0 Å². The van der Waals surface area contributed by atoms with E-state index in [0.29, 0.717) is 12.1 Å². The number of carbonyl (C=O) groups excluding carboxylic acids is 1. The minimum absolute atomic E-state index is 0.00505. The van der Waals surface area contributed by atoms with Crippen LogP contribution in [0.4, 0.5) is 0 Å². The SMILES string of the molecule is Cc1ccc(C#CCN)cc1C(=O)NCCC1CC1. The van der Waals surface area contributed by atoms with Crippen molar-refractivity contribution >= 4 is 5.91 Å². The van der Waals surface area contributed by atoms with Crippen molar-refractivity contribution in [3.8, 4) is 11.8 Å².